The molecule has 2 aromatic carbocycles. The summed E-state index contributed by atoms with van der Waals surface area (Å²) in [6.45, 7) is 4.65. The van der Waals surface area contributed by atoms with E-state index in [1.807, 2.05) is 18.2 Å². The second-order valence-electron chi connectivity index (χ2n) is 9.85. The molecule has 1 N–H and O–H groups in total. The van der Waals surface area contributed by atoms with E-state index in [1.54, 1.807) is 43.5 Å². The molecular formula is C32H32N2O4. The van der Waals surface area contributed by atoms with Gasteiger partial charge in [0.15, 0.2) is 5.78 Å². The molecule has 0 saturated heterocycles. The number of rotatable bonds is 8. The zero-order valence-electron chi connectivity index (χ0n) is 22.0. The van der Waals surface area contributed by atoms with Crippen LogP contribution >= 0.6 is 0 Å². The van der Waals surface area contributed by atoms with Crippen LogP contribution in [0.15, 0.2) is 95.1 Å². The van der Waals surface area contributed by atoms with Crippen molar-refractivity contribution in [3.05, 3.63) is 112 Å². The van der Waals surface area contributed by atoms with Crippen molar-refractivity contribution in [3.8, 4) is 6.07 Å². The van der Waals surface area contributed by atoms with E-state index < -0.39 is 6.10 Å². The molecule has 38 heavy (non-hydrogen) atoms. The Bertz CT molecular complexity index is 1390. The number of Topliss-reactive ketones (excluding diaryl/α,β-unsaturated/α-hetero) is 1. The Balaban J connectivity index is 1.56. The van der Waals surface area contributed by atoms with Gasteiger partial charge in [-0.3, -0.25) is 4.79 Å². The van der Waals surface area contributed by atoms with Crippen molar-refractivity contribution in [1.82, 2.24) is 4.90 Å². The number of hydrogen-bond acceptors (Lipinski definition) is 6. The van der Waals surface area contributed by atoms with Gasteiger partial charge in [0.2, 0.25) is 0 Å². The standard InChI is InChI=1S/C32H32N2O4/c1-20-18-25-14-15-26(37-3)19-27(25)29-32(38-17-7-16-33)28(21(2)34(20)29)22-10-12-24(13-11-22)31(36)30(35)23-8-5-4-6-9-23/h4-6,8-13,18-21,31,36H,7,14-15,17H2,1-3H3. The van der Waals surface area contributed by atoms with Crippen molar-refractivity contribution in [2.45, 2.75) is 51.3 Å². The lowest BCUT2D eigenvalue weighted by Crippen LogP contribution is -2.38. The fourth-order valence-electron chi connectivity index (χ4n) is 5.70. The average Bonchev–Trinajstić information content (AvgIpc) is 3.25. The lowest BCUT2D eigenvalue weighted by molar-refractivity contribution is 0.0747. The number of carbonyl (C=O) groups excluding carboxylic acids is 1. The number of aliphatic hydroxyl groups excluding tert-OH is 1. The van der Waals surface area contributed by atoms with Crippen LogP contribution in [0, 0.1) is 11.3 Å². The van der Waals surface area contributed by atoms with Gasteiger partial charge in [0.05, 0.1) is 37.1 Å². The number of hydrogen-bond donors (Lipinski definition) is 1. The van der Waals surface area contributed by atoms with E-state index in [9.17, 15) is 9.90 Å². The van der Waals surface area contributed by atoms with Gasteiger partial charge in [-0.25, -0.2) is 0 Å². The van der Waals surface area contributed by atoms with E-state index in [4.69, 9.17) is 14.7 Å². The van der Waals surface area contributed by atoms with Crippen molar-refractivity contribution in [2.75, 3.05) is 13.7 Å². The van der Waals surface area contributed by atoms with Gasteiger partial charge in [0.1, 0.15) is 18.5 Å². The minimum atomic E-state index is -1.24. The molecule has 3 unspecified atom stereocenters. The first kappa shape index (κ1) is 25.6. The monoisotopic (exact) mass is 508 g/mol. The third-order valence-corrected chi connectivity index (χ3v) is 7.55. The Kier molecular flexibility index (Phi) is 7.22. The Hall–Kier alpha value is -4.08. The summed E-state index contributed by atoms with van der Waals surface area (Å²) in [5.74, 6) is 1.39. The largest absolute Gasteiger partial charge is 0.501 e. The Morgan fingerprint density at radius 3 is 2.55 bits per heavy atom. The quantitative estimate of drug-likeness (QED) is 0.356. The molecule has 0 bridgehead atoms. The van der Waals surface area contributed by atoms with E-state index >= 15 is 0 Å². The van der Waals surface area contributed by atoms with Gasteiger partial charge >= 0.3 is 0 Å². The van der Waals surface area contributed by atoms with Gasteiger partial charge in [0, 0.05) is 29.2 Å². The molecule has 2 aliphatic heterocycles. The SMILES string of the molecule is COC1=CC2=C3C(OCCC#N)=C(c4ccc(C(O)C(=O)c5ccccc5)cc4)C(C)N3C(C)C=C2CC1. The highest BCUT2D eigenvalue weighted by Crippen LogP contribution is 2.48. The molecule has 0 fully saturated rings. The summed E-state index contributed by atoms with van der Waals surface area (Å²) in [6.07, 6.45) is 5.26. The van der Waals surface area contributed by atoms with Crippen molar-refractivity contribution in [3.63, 3.8) is 0 Å². The van der Waals surface area contributed by atoms with E-state index in [-0.39, 0.29) is 24.3 Å². The maximum absolute atomic E-state index is 12.8. The van der Waals surface area contributed by atoms with Gasteiger partial charge in [0.25, 0.3) is 0 Å². The van der Waals surface area contributed by atoms with Gasteiger partial charge in [-0.1, -0.05) is 60.7 Å². The molecule has 3 aliphatic rings. The lowest BCUT2D eigenvalue weighted by Gasteiger charge is -2.38. The molecular weight excluding hydrogens is 476 g/mol. The molecule has 3 atom stereocenters. The third-order valence-electron chi connectivity index (χ3n) is 7.55. The fourth-order valence-corrected chi connectivity index (χ4v) is 5.70. The number of ether oxygens (including phenoxy) is 2. The van der Waals surface area contributed by atoms with Crippen LogP contribution in [0.2, 0.25) is 0 Å². The zero-order chi connectivity index (χ0) is 26.8. The highest BCUT2D eigenvalue weighted by Gasteiger charge is 2.42. The van der Waals surface area contributed by atoms with Crippen molar-refractivity contribution in [2.24, 2.45) is 0 Å². The predicted molar refractivity (Wildman–Crippen MR) is 145 cm³/mol. The summed E-state index contributed by atoms with van der Waals surface area (Å²) in [5.41, 5.74) is 6.43. The summed E-state index contributed by atoms with van der Waals surface area (Å²) in [7, 11) is 1.70. The molecule has 0 amide bonds. The van der Waals surface area contributed by atoms with Crippen LogP contribution in [0.4, 0.5) is 0 Å². The van der Waals surface area contributed by atoms with Gasteiger partial charge < -0.3 is 19.5 Å². The van der Waals surface area contributed by atoms with Crippen molar-refractivity contribution < 1.29 is 19.4 Å². The summed E-state index contributed by atoms with van der Waals surface area (Å²) >= 11 is 0. The third kappa shape index (κ3) is 4.55. The van der Waals surface area contributed by atoms with Crippen molar-refractivity contribution >= 4 is 11.4 Å². The van der Waals surface area contributed by atoms with Crippen LogP contribution in [0.3, 0.4) is 0 Å². The minimum absolute atomic E-state index is 0.0189. The second-order valence-corrected chi connectivity index (χ2v) is 9.85. The van der Waals surface area contributed by atoms with Gasteiger partial charge in [-0.05, 0) is 43.0 Å². The predicted octanol–water partition coefficient (Wildman–Crippen LogP) is 5.86. The van der Waals surface area contributed by atoms with Crippen LogP contribution in [-0.2, 0) is 9.47 Å². The first-order chi connectivity index (χ1) is 18.4. The van der Waals surface area contributed by atoms with Crippen LogP contribution in [-0.4, -0.2) is 41.6 Å². The number of nitrogens with zero attached hydrogens (tertiary/aromatic N) is 2. The van der Waals surface area contributed by atoms with E-state index in [2.05, 4.69) is 37.0 Å². The maximum Gasteiger partial charge on any atom is 0.195 e. The number of aliphatic hydroxyl groups is 1. The summed E-state index contributed by atoms with van der Waals surface area (Å²) < 4.78 is 12.0. The molecule has 0 saturated carbocycles. The summed E-state index contributed by atoms with van der Waals surface area (Å²) in [4.78, 5) is 15.2. The molecule has 0 radical (unpaired) electrons. The smallest absolute Gasteiger partial charge is 0.195 e. The van der Waals surface area contributed by atoms with Crippen LogP contribution < -0.4 is 0 Å². The van der Waals surface area contributed by atoms with Crippen molar-refractivity contribution in [1.29, 1.82) is 5.26 Å². The van der Waals surface area contributed by atoms with Gasteiger partial charge in [-0.2, -0.15) is 5.26 Å². The van der Waals surface area contributed by atoms with E-state index in [1.165, 1.54) is 5.57 Å². The first-order valence-corrected chi connectivity index (χ1v) is 13.0. The first-order valence-electron chi connectivity index (χ1n) is 13.0. The molecule has 6 nitrogen and oxygen atoms in total. The number of carbonyl (C=O) groups is 1. The van der Waals surface area contributed by atoms with Crippen LogP contribution in [0.1, 0.15) is 60.7 Å². The van der Waals surface area contributed by atoms with E-state index in [0.717, 1.165) is 46.8 Å². The molecule has 2 heterocycles. The van der Waals surface area contributed by atoms with Crippen LogP contribution in [0.25, 0.3) is 5.57 Å². The molecule has 1 aliphatic carbocycles. The maximum atomic E-state index is 12.8. The Labute approximate surface area is 223 Å². The fraction of sp³-hybridized carbons (Fsp3) is 0.312. The number of benzene rings is 2. The highest BCUT2D eigenvalue weighted by molar-refractivity contribution is 5.99. The number of ketones is 1. The summed E-state index contributed by atoms with van der Waals surface area (Å²) in [6, 6.07) is 18.7. The Morgan fingerprint density at radius 1 is 1.13 bits per heavy atom. The topological polar surface area (TPSA) is 82.8 Å². The molecule has 2 aromatic rings. The zero-order valence-corrected chi connectivity index (χ0v) is 22.0. The molecule has 194 valence electrons. The lowest BCUT2D eigenvalue weighted by atomic mass is 9.87. The number of allylic oxidation sites excluding steroid dienone is 4. The molecule has 0 aromatic heterocycles. The number of fused-ring (bicyclic) bond motifs is 2. The number of methoxy groups -OCH3 is 1. The van der Waals surface area contributed by atoms with E-state index in [0.29, 0.717) is 17.7 Å². The average molecular weight is 509 g/mol. The highest BCUT2D eigenvalue weighted by atomic mass is 16.5. The molecule has 6 heteroatoms. The number of nitriles is 1. The van der Waals surface area contributed by atoms with Crippen LogP contribution in [0.5, 0.6) is 0 Å². The Morgan fingerprint density at radius 2 is 1.87 bits per heavy atom. The molecule has 0 spiro atoms. The minimum Gasteiger partial charge on any atom is -0.501 e. The van der Waals surface area contributed by atoms with Gasteiger partial charge in [-0.15, -0.1) is 0 Å². The second kappa shape index (κ2) is 10.7. The molecule has 5 rings (SSSR count). The normalized spacial score (nSPS) is 21.2. The summed E-state index contributed by atoms with van der Waals surface area (Å²) in [5, 5.41) is 19.9.